The summed E-state index contributed by atoms with van der Waals surface area (Å²) in [6.07, 6.45) is 6.39. The lowest BCUT2D eigenvalue weighted by Gasteiger charge is -2.32. The van der Waals surface area contributed by atoms with Crippen LogP contribution >= 0.6 is 0 Å². The molecule has 2 atom stereocenters. The molecule has 1 aliphatic carbocycles. The fraction of sp³-hybridized carbons (Fsp3) is 0.533. The molecule has 1 fully saturated rings. The lowest BCUT2D eigenvalue weighted by atomic mass is 9.83. The van der Waals surface area contributed by atoms with E-state index >= 15 is 0 Å². The molecule has 2 unspecified atom stereocenters. The molecule has 1 saturated carbocycles. The van der Waals surface area contributed by atoms with Crippen molar-refractivity contribution in [2.24, 2.45) is 11.7 Å². The van der Waals surface area contributed by atoms with Gasteiger partial charge in [0.1, 0.15) is 0 Å². The number of amides is 1. The third-order valence-electron chi connectivity index (χ3n) is 3.93. The third-order valence-corrected chi connectivity index (χ3v) is 3.93. The number of hydrogen-bond acceptors (Lipinski definition) is 2. The molecular weight excluding hydrogens is 224 g/mol. The summed E-state index contributed by atoms with van der Waals surface area (Å²) >= 11 is 0. The van der Waals surface area contributed by atoms with Crippen molar-refractivity contribution < 1.29 is 4.79 Å². The van der Waals surface area contributed by atoms with Gasteiger partial charge in [-0.15, -0.1) is 0 Å². The van der Waals surface area contributed by atoms with Crippen LogP contribution in [0.3, 0.4) is 0 Å². The molecule has 0 radical (unpaired) electrons. The van der Waals surface area contributed by atoms with Gasteiger partial charge in [0.25, 0.3) is 0 Å². The highest BCUT2D eigenvalue weighted by molar-refractivity contribution is 5.93. The zero-order chi connectivity index (χ0) is 13.0. The van der Waals surface area contributed by atoms with Gasteiger partial charge in [-0.2, -0.15) is 0 Å². The Balaban J connectivity index is 2.07. The quantitative estimate of drug-likeness (QED) is 0.857. The van der Waals surface area contributed by atoms with Gasteiger partial charge in [0.15, 0.2) is 0 Å². The first-order chi connectivity index (χ1) is 8.70. The molecule has 0 aliphatic heterocycles. The van der Waals surface area contributed by atoms with E-state index in [1.165, 1.54) is 32.1 Å². The van der Waals surface area contributed by atoms with Crippen LogP contribution in [0.4, 0.5) is 5.69 Å². The predicted molar refractivity (Wildman–Crippen MR) is 74.6 cm³/mol. The molecule has 0 aromatic heterocycles. The molecule has 0 saturated heterocycles. The Kier molecular flexibility index (Phi) is 4.24. The maximum Gasteiger partial charge on any atom is 0.248 e. The van der Waals surface area contributed by atoms with E-state index < -0.39 is 0 Å². The first-order valence-corrected chi connectivity index (χ1v) is 6.87. The largest absolute Gasteiger partial charge is 0.382 e. The Morgan fingerprint density at radius 3 is 2.89 bits per heavy atom. The minimum atomic E-state index is -0.366. The highest BCUT2D eigenvalue weighted by Gasteiger charge is 2.23. The topological polar surface area (TPSA) is 55.1 Å². The highest BCUT2D eigenvalue weighted by atomic mass is 16.1. The van der Waals surface area contributed by atoms with E-state index in [0.29, 0.717) is 11.6 Å². The average molecular weight is 246 g/mol. The smallest absolute Gasteiger partial charge is 0.248 e. The van der Waals surface area contributed by atoms with Crippen LogP contribution in [0.2, 0.25) is 0 Å². The Hall–Kier alpha value is -1.51. The van der Waals surface area contributed by atoms with Crippen molar-refractivity contribution in [3.8, 4) is 0 Å². The summed E-state index contributed by atoms with van der Waals surface area (Å²) in [5.41, 5.74) is 6.89. The molecule has 1 aromatic rings. The van der Waals surface area contributed by atoms with Crippen molar-refractivity contribution in [1.82, 2.24) is 0 Å². The lowest BCUT2D eigenvalue weighted by molar-refractivity contribution is 0.100. The Labute approximate surface area is 109 Å². The summed E-state index contributed by atoms with van der Waals surface area (Å²) in [5, 5.41) is 3.57. The lowest BCUT2D eigenvalue weighted by Crippen LogP contribution is -2.31. The number of carbonyl (C=O) groups excluding carboxylic acids is 1. The molecule has 3 heteroatoms. The summed E-state index contributed by atoms with van der Waals surface area (Å²) in [5.74, 6) is 0.380. The van der Waals surface area contributed by atoms with Crippen molar-refractivity contribution >= 4 is 11.6 Å². The van der Waals surface area contributed by atoms with Gasteiger partial charge >= 0.3 is 0 Å². The summed E-state index contributed by atoms with van der Waals surface area (Å²) in [6, 6.07) is 8.03. The van der Waals surface area contributed by atoms with E-state index in [1.54, 1.807) is 6.07 Å². The van der Waals surface area contributed by atoms with E-state index in [-0.39, 0.29) is 5.91 Å². The van der Waals surface area contributed by atoms with Crippen LogP contribution in [0.1, 0.15) is 49.4 Å². The van der Waals surface area contributed by atoms with Crippen LogP contribution in [0.25, 0.3) is 0 Å². The van der Waals surface area contributed by atoms with Gasteiger partial charge in [-0.05, 0) is 37.0 Å². The van der Waals surface area contributed by atoms with E-state index in [4.69, 9.17) is 5.73 Å². The summed E-state index contributed by atoms with van der Waals surface area (Å²) in [4.78, 5) is 11.2. The monoisotopic (exact) mass is 246 g/mol. The van der Waals surface area contributed by atoms with Crippen LogP contribution in [0, 0.1) is 5.92 Å². The standard InChI is InChI=1S/C15H22N2O/c1-2-11-6-3-4-9-14(11)17-13-8-5-7-12(10-13)15(16)18/h5,7-8,10-11,14,17H,2-4,6,9H2,1H3,(H2,16,18). The van der Waals surface area contributed by atoms with Crippen molar-refractivity contribution in [3.05, 3.63) is 29.8 Å². The Morgan fingerprint density at radius 1 is 1.39 bits per heavy atom. The summed E-state index contributed by atoms with van der Waals surface area (Å²) < 4.78 is 0. The first-order valence-electron chi connectivity index (χ1n) is 6.87. The fourth-order valence-corrected chi connectivity index (χ4v) is 2.86. The molecular formula is C15H22N2O. The van der Waals surface area contributed by atoms with E-state index in [0.717, 1.165) is 11.6 Å². The van der Waals surface area contributed by atoms with Gasteiger partial charge in [0.05, 0.1) is 0 Å². The third kappa shape index (κ3) is 3.03. The zero-order valence-electron chi connectivity index (χ0n) is 11.0. The van der Waals surface area contributed by atoms with Crippen molar-refractivity contribution in [2.45, 2.75) is 45.1 Å². The van der Waals surface area contributed by atoms with Crippen LogP contribution in [-0.2, 0) is 0 Å². The normalized spacial score (nSPS) is 23.6. The molecule has 0 bridgehead atoms. The average Bonchev–Trinajstić information content (AvgIpc) is 2.39. The van der Waals surface area contributed by atoms with Crippen molar-refractivity contribution in [1.29, 1.82) is 0 Å². The molecule has 3 N–H and O–H groups in total. The SMILES string of the molecule is CCC1CCCCC1Nc1cccc(C(N)=O)c1. The number of anilines is 1. The van der Waals surface area contributed by atoms with Gasteiger partial charge in [-0.1, -0.05) is 32.3 Å². The van der Waals surface area contributed by atoms with E-state index in [2.05, 4.69) is 12.2 Å². The number of nitrogens with one attached hydrogen (secondary N) is 1. The maximum absolute atomic E-state index is 11.2. The zero-order valence-corrected chi connectivity index (χ0v) is 11.0. The van der Waals surface area contributed by atoms with Crippen LogP contribution < -0.4 is 11.1 Å². The Morgan fingerprint density at radius 2 is 2.17 bits per heavy atom. The van der Waals surface area contributed by atoms with E-state index in [1.807, 2.05) is 18.2 Å². The van der Waals surface area contributed by atoms with Crippen molar-refractivity contribution in [2.75, 3.05) is 5.32 Å². The maximum atomic E-state index is 11.2. The number of hydrogen-bond donors (Lipinski definition) is 2. The second-order valence-electron chi connectivity index (χ2n) is 5.15. The second kappa shape index (κ2) is 5.89. The molecule has 0 spiro atoms. The molecule has 1 amide bonds. The van der Waals surface area contributed by atoms with Gasteiger partial charge in [-0.3, -0.25) is 4.79 Å². The number of carbonyl (C=O) groups is 1. The first kappa shape index (κ1) is 12.9. The number of primary amides is 1. The van der Waals surface area contributed by atoms with E-state index in [9.17, 15) is 4.79 Å². The molecule has 3 nitrogen and oxygen atoms in total. The molecule has 1 aromatic carbocycles. The van der Waals surface area contributed by atoms with Crippen LogP contribution in [-0.4, -0.2) is 11.9 Å². The molecule has 2 rings (SSSR count). The van der Waals surface area contributed by atoms with Crippen LogP contribution in [0.15, 0.2) is 24.3 Å². The van der Waals surface area contributed by atoms with Gasteiger partial charge in [0, 0.05) is 17.3 Å². The predicted octanol–water partition coefficient (Wildman–Crippen LogP) is 3.17. The number of benzene rings is 1. The highest BCUT2D eigenvalue weighted by Crippen LogP contribution is 2.29. The van der Waals surface area contributed by atoms with Gasteiger partial charge in [-0.25, -0.2) is 0 Å². The molecule has 98 valence electrons. The Bertz CT molecular complexity index is 417. The van der Waals surface area contributed by atoms with Gasteiger partial charge in [0.2, 0.25) is 5.91 Å². The second-order valence-corrected chi connectivity index (χ2v) is 5.15. The van der Waals surface area contributed by atoms with Crippen LogP contribution in [0.5, 0.6) is 0 Å². The number of nitrogens with two attached hydrogens (primary N) is 1. The number of rotatable bonds is 4. The molecule has 18 heavy (non-hydrogen) atoms. The van der Waals surface area contributed by atoms with Gasteiger partial charge < -0.3 is 11.1 Å². The summed E-state index contributed by atoms with van der Waals surface area (Å²) in [6.45, 7) is 2.25. The minimum Gasteiger partial charge on any atom is -0.382 e. The molecule has 0 heterocycles. The van der Waals surface area contributed by atoms with Crippen molar-refractivity contribution in [3.63, 3.8) is 0 Å². The minimum absolute atomic E-state index is 0.366. The summed E-state index contributed by atoms with van der Waals surface area (Å²) in [7, 11) is 0. The fourth-order valence-electron chi connectivity index (χ4n) is 2.86. The molecule has 1 aliphatic rings.